The lowest BCUT2D eigenvalue weighted by molar-refractivity contribution is 0.0530. The molecule has 1 aliphatic rings. The smallest absolute Gasteiger partial charge is 0.293 e. The maximum Gasteiger partial charge on any atom is 0.293 e. The predicted molar refractivity (Wildman–Crippen MR) is 125 cm³/mol. The molecular weight excluding hydrogens is 438 g/mol. The van der Waals surface area contributed by atoms with Gasteiger partial charge in [0.05, 0.1) is 10.6 Å². The van der Waals surface area contributed by atoms with Crippen molar-refractivity contribution in [3.05, 3.63) is 71.8 Å². The average Bonchev–Trinajstić information content (AvgIpc) is 3.22. The Labute approximate surface area is 194 Å². The van der Waals surface area contributed by atoms with Gasteiger partial charge in [-0.1, -0.05) is 44.2 Å². The van der Waals surface area contributed by atoms with Gasteiger partial charge in [-0.3, -0.25) is 4.79 Å². The van der Waals surface area contributed by atoms with E-state index in [1.54, 1.807) is 16.8 Å². The normalized spacial score (nSPS) is 16.8. The Kier molecular flexibility index (Phi) is 6.62. The molecule has 2 heterocycles. The summed E-state index contributed by atoms with van der Waals surface area (Å²) in [7, 11) is -3.80. The molecule has 1 saturated heterocycles. The van der Waals surface area contributed by atoms with Crippen molar-refractivity contribution in [3.8, 4) is 5.69 Å². The van der Waals surface area contributed by atoms with E-state index in [1.807, 2.05) is 35.2 Å². The van der Waals surface area contributed by atoms with Gasteiger partial charge in [-0.05, 0) is 55.0 Å². The van der Waals surface area contributed by atoms with E-state index >= 15 is 0 Å². The van der Waals surface area contributed by atoms with Gasteiger partial charge in [-0.2, -0.15) is 0 Å². The highest BCUT2D eigenvalue weighted by Crippen LogP contribution is 2.25. The largest absolute Gasteiger partial charge is 0.333 e. The van der Waals surface area contributed by atoms with Crippen molar-refractivity contribution in [2.45, 2.75) is 50.5 Å². The van der Waals surface area contributed by atoms with Crippen LogP contribution in [0.3, 0.4) is 0 Å². The topological polar surface area (TPSA) is 111 Å². The molecule has 0 saturated carbocycles. The van der Waals surface area contributed by atoms with Gasteiger partial charge in [-0.25, -0.2) is 23.2 Å². The van der Waals surface area contributed by atoms with Crippen LogP contribution in [0.4, 0.5) is 0 Å². The fourth-order valence-corrected chi connectivity index (χ4v) is 4.86. The van der Waals surface area contributed by atoms with Crippen molar-refractivity contribution >= 4 is 15.9 Å². The molecule has 9 heteroatoms. The molecule has 1 aliphatic heterocycles. The van der Waals surface area contributed by atoms with Crippen molar-refractivity contribution < 1.29 is 13.2 Å². The van der Waals surface area contributed by atoms with Crippen molar-refractivity contribution in [3.63, 3.8) is 0 Å². The summed E-state index contributed by atoms with van der Waals surface area (Å²) in [6.45, 7) is 4.97. The predicted octanol–water partition coefficient (Wildman–Crippen LogP) is 3.16. The van der Waals surface area contributed by atoms with E-state index in [0.717, 1.165) is 24.8 Å². The number of sulfonamides is 1. The van der Waals surface area contributed by atoms with Crippen LogP contribution in [0, 0.1) is 5.92 Å². The van der Waals surface area contributed by atoms with Crippen LogP contribution in [0.1, 0.15) is 55.1 Å². The molecule has 33 heavy (non-hydrogen) atoms. The highest BCUT2D eigenvalue weighted by molar-refractivity contribution is 7.89. The van der Waals surface area contributed by atoms with Gasteiger partial charge in [0.15, 0.2) is 0 Å². The number of hydrogen-bond donors (Lipinski definition) is 1. The zero-order chi connectivity index (χ0) is 23.6. The number of aromatic nitrogens is 3. The number of primary sulfonamides is 1. The number of piperidine rings is 1. The summed E-state index contributed by atoms with van der Waals surface area (Å²) in [5.41, 5.74) is 1.64. The lowest BCUT2D eigenvalue weighted by Crippen LogP contribution is -2.46. The first-order valence-corrected chi connectivity index (χ1v) is 12.7. The van der Waals surface area contributed by atoms with Crippen LogP contribution in [-0.2, 0) is 16.4 Å². The van der Waals surface area contributed by atoms with Gasteiger partial charge < -0.3 is 4.90 Å². The van der Waals surface area contributed by atoms with Gasteiger partial charge in [0.2, 0.25) is 15.8 Å². The van der Waals surface area contributed by atoms with Crippen molar-refractivity contribution in [1.82, 2.24) is 19.7 Å². The van der Waals surface area contributed by atoms with E-state index in [9.17, 15) is 13.2 Å². The van der Waals surface area contributed by atoms with Crippen LogP contribution in [0.5, 0.6) is 0 Å². The molecule has 2 N–H and O–H groups in total. The number of hydrogen-bond acceptors (Lipinski definition) is 5. The minimum absolute atomic E-state index is 0.0142. The number of benzene rings is 2. The summed E-state index contributed by atoms with van der Waals surface area (Å²) in [6.07, 6.45) is 3.55. The van der Waals surface area contributed by atoms with E-state index in [0.29, 0.717) is 30.4 Å². The minimum Gasteiger partial charge on any atom is -0.333 e. The van der Waals surface area contributed by atoms with Crippen LogP contribution in [0.25, 0.3) is 5.69 Å². The van der Waals surface area contributed by atoms with E-state index in [4.69, 9.17) is 5.14 Å². The first-order valence-electron chi connectivity index (χ1n) is 11.2. The lowest BCUT2D eigenvalue weighted by atomic mass is 9.92. The number of likely N-dealkylation sites (tertiary alicyclic amines) is 1. The number of carbonyl (C=O) groups is 1. The van der Waals surface area contributed by atoms with E-state index in [2.05, 4.69) is 23.9 Å². The zero-order valence-electron chi connectivity index (χ0n) is 18.9. The number of rotatable bonds is 6. The van der Waals surface area contributed by atoms with Crippen molar-refractivity contribution in [2.24, 2.45) is 11.1 Å². The Balaban J connectivity index is 1.73. The molecule has 8 nitrogen and oxygen atoms in total. The highest BCUT2D eigenvalue weighted by Gasteiger charge is 2.32. The second-order valence-corrected chi connectivity index (χ2v) is 10.3. The molecule has 1 fully saturated rings. The SMILES string of the molecule is CC(C)C1CCCCN1C(=O)c1nc(Cc2ccccc2)n(-c2ccc(S(N)(=O)=O)cc2)n1. The standard InChI is InChI=1S/C24H29N5O3S/c1-17(2)21-10-6-7-15-28(21)24(30)23-26-22(16-18-8-4-3-5-9-18)29(27-23)19-11-13-20(14-12-19)33(25,31)32/h3-5,8-9,11-14,17,21H,6-7,10,15-16H2,1-2H3,(H2,25,31,32). The third kappa shape index (κ3) is 5.15. The molecule has 0 aliphatic carbocycles. The monoisotopic (exact) mass is 467 g/mol. The molecule has 3 aromatic rings. The molecule has 0 bridgehead atoms. The molecule has 2 aromatic carbocycles. The van der Waals surface area contributed by atoms with Gasteiger partial charge in [0, 0.05) is 19.0 Å². The number of carbonyl (C=O) groups excluding carboxylic acids is 1. The Morgan fingerprint density at radius 3 is 2.42 bits per heavy atom. The molecular formula is C24H29N5O3S. The molecule has 1 amide bonds. The molecule has 1 aromatic heterocycles. The Morgan fingerprint density at radius 2 is 1.79 bits per heavy atom. The minimum atomic E-state index is -3.80. The number of amides is 1. The first kappa shape index (κ1) is 23.1. The fraction of sp³-hybridized carbons (Fsp3) is 0.375. The lowest BCUT2D eigenvalue weighted by Gasteiger charge is -2.37. The second kappa shape index (κ2) is 9.44. The van der Waals surface area contributed by atoms with Crippen LogP contribution in [0.2, 0.25) is 0 Å². The van der Waals surface area contributed by atoms with Crippen LogP contribution in [-0.4, -0.2) is 46.6 Å². The average molecular weight is 468 g/mol. The van der Waals surface area contributed by atoms with E-state index in [1.165, 1.54) is 12.1 Å². The summed E-state index contributed by atoms with van der Waals surface area (Å²) in [6, 6.07) is 16.1. The quantitative estimate of drug-likeness (QED) is 0.599. The Bertz CT molecular complexity index is 1220. The van der Waals surface area contributed by atoms with Gasteiger partial charge in [0.1, 0.15) is 5.82 Å². The first-order chi connectivity index (χ1) is 15.7. The van der Waals surface area contributed by atoms with E-state index in [-0.39, 0.29) is 22.7 Å². The van der Waals surface area contributed by atoms with Gasteiger partial charge in [0.25, 0.3) is 5.91 Å². The Morgan fingerprint density at radius 1 is 1.09 bits per heavy atom. The molecule has 0 spiro atoms. The fourth-order valence-electron chi connectivity index (χ4n) is 4.34. The number of nitrogens with zero attached hydrogens (tertiary/aromatic N) is 4. The van der Waals surface area contributed by atoms with Crippen molar-refractivity contribution in [1.29, 1.82) is 0 Å². The zero-order valence-corrected chi connectivity index (χ0v) is 19.7. The maximum atomic E-state index is 13.4. The van der Waals surface area contributed by atoms with Crippen LogP contribution < -0.4 is 5.14 Å². The molecule has 4 rings (SSSR count). The number of nitrogens with two attached hydrogens (primary N) is 1. The summed E-state index contributed by atoms with van der Waals surface area (Å²) in [5.74, 6) is 0.948. The van der Waals surface area contributed by atoms with Crippen LogP contribution >= 0.6 is 0 Å². The summed E-state index contributed by atoms with van der Waals surface area (Å²) in [4.78, 5) is 20.0. The third-order valence-electron chi connectivity index (χ3n) is 6.06. The molecule has 1 atom stereocenters. The van der Waals surface area contributed by atoms with Gasteiger partial charge >= 0.3 is 0 Å². The summed E-state index contributed by atoms with van der Waals surface area (Å²) in [5, 5.41) is 9.80. The van der Waals surface area contributed by atoms with E-state index < -0.39 is 10.0 Å². The molecule has 1 unspecified atom stereocenters. The van der Waals surface area contributed by atoms with Gasteiger partial charge in [-0.15, -0.1) is 5.10 Å². The summed E-state index contributed by atoms with van der Waals surface area (Å²) >= 11 is 0. The highest BCUT2D eigenvalue weighted by atomic mass is 32.2. The summed E-state index contributed by atoms with van der Waals surface area (Å²) < 4.78 is 24.9. The van der Waals surface area contributed by atoms with Crippen LogP contribution in [0.15, 0.2) is 59.5 Å². The maximum absolute atomic E-state index is 13.4. The third-order valence-corrected chi connectivity index (χ3v) is 6.99. The van der Waals surface area contributed by atoms with Crippen molar-refractivity contribution in [2.75, 3.05) is 6.54 Å². The molecule has 0 radical (unpaired) electrons. The Hall–Kier alpha value is -3.04. The molecule has 174 valence electrons. The second-order valence-electron chi connectivity index (χ2n) is 8.77.